The zero-order valence-electron chi connectivity index (χ0n) is 21.3. The molecule has 0 saturated carbocycles. The van der Waals surface area contributed by atoms with Crippen molar-refractivity contribution in [2.75, 3.05) is 32.7 Å². The molecule has 2 atom stereocenters. The number of piperazine rings is 1. The lowest BCUT2D eigenvalue weighted by molar-refractivity contribution is 0.0777. The van der Waals surface area contributed by atoms with E-state index >= 15 is 0 Å². The number of tetrazole rings is 1. The van der Waals surface area contributed by atoms with Crippen LogP contribution in [-0.4, -0.2) is 62.7 Å². The Morgan fingerprint density at radius 3 is 2.38 bits per heavy atom. The van der Waals surface area contributed by atoms with Crippen molar-refractivity contribution >= 4 is 6.08 Å². The van der Waals surface area contributed by atoms with Crippen LogP contribution in [0, 0.1) is 19.8 Å². The van der Waals surface area contributed by atoms with Gasteiger partial charge in [-0.3, -0.25) is 9.80 Å². The third kappa shape index (κ3) is 5.60. The van der Waals surface area contributed by atoms with E-state index in [1.54, 1.807) is 4.68 Å². The number of benzene rings is 2. The second-order valence-electron chi connectivity index (χ2n) is 9.75. The Labute approximate surface area is 216 Å². The zero-order chi connectivity index (χ0) is 25.8. The van der Waals surface area contributed by atoms with Gasteiger partial charge in [0.2, 0.25) is 0 Å². The molecule has 6 nitrogen and oxygen atoms in total. The number of aryl methyl sites for hydroxylation is 2. The van der Waals surface area contributed by atoms with E-state index < -0.39 is 11.7 Å². The summed E-state index contributed by atoms with van der Waals surface area (Å²) in [7, 11) is 0. The normalized spacial score (nSPS) is 20.2. The molecule has 192 valence electrons. The van der Waals surface area contributed by atoms with Crippen molar-refractivity contribution in [2.45, 2.75) is 26.3 Å². The number of halogens is 2. The van der Waals surface area contributed by atoms with Crippen LogP contribution in [0.15, 0.2) is 78.4 Å². The number of allylic oxidation sites excluding steroid dienone is 3. The highest BCUT2D eigenvalue weighted by molar-refractivity contribution is 5.49. The van der Waals surface area contributed by atoms with Crippen LogP contribution in [0.4, 0.5) is 8.78 Å². The van der Waals surface area contributed by atoms with Gasteiger partial charge in [0.15, 0.2) is 17.5 Å². The maximum absolute atomic E-state index is 14.4. The van der Waals surface area contributed by atoms with Gasteiger partial charge in [0.05, 0.1) is 11.7 Å². The Morgan fingerprint density at radius 2 is 1.68 bits per heavy atom. The summed E-state index contributed by atoms with van der Waals surface area (Å²) in [5.41, 5.74) is 4.22. The molecular formula is C29H32F2N6. The molecule has 1 aliphatic carbocycles. The van der Waals surface area contributed by atoms with Crippen LogP contribution in [-0.2, 0) is 0 Å². The fourth-order valence-electron chi connectivity index (χ4n) is 5.32. The highest BCUT2D eigenvalue weighted by Gasteiger charge is 2.36. The summed E-state index contributed by atoms with van der Waals surface area (Å²) >= 11 is 0. The summed E-state index contributed by atoms with van der Waals surface area (Å²) in [6, 6.07) is 16.1. The van der Waals surface area contributed by atoms with Gasteiger partial charge >= 0.3 is 0 Å². The average Bonchev–Trinajstić information content (AvgIpc) is 3.36. The minimum atomic E-state index is -0.808. The summed E-state index contributed by atoms with van der Waals surface area (Å²) in [5.74, 6) is -1.23. The first-order chi connectivity index (χ1) is 18.0. The predicted octanol–water partition coefficient (Wildman–Crippen LogP) is 5.38. The number of nitrogens with zero attached hydrogens (tertiary/aromatic N) is 6. The number of hydrogen-bond acceptors (Lipinski definition) is 5. The minimum absolute atomic E-state index is 0.280. The maximum atomic E-state index is 14.4. The van der Waals surface area contributed by atoms with Crippen LogP contribution in [0.5, 0.6) is 0 Å². The van der Waals surface area contributed by atoms with E-state index in [0.717, 1.165) is 49.5 Å². The first-order valence-corrected chi connectivity index (χ1v) is 12.8. The summed E-state index contributed by atoms with van der Waals surface area (Å²) in [4.78, 5) is 4.72. The highest BCUT2D eigenvalue weighted by Crippen LogP contribution is 2.38. The lowest BCUT2D eigenvalue weighted by Gasteiger charge is -2.41. The Morgan fingerprint density at radius 1 is 0.946 bits per heavy atom. The van der Waals surface area contributed by atoms with E-state index in [0.29, 0.717) is 12.2 Å². The molecule has 1 saturated heterocycles. The fraction of sp³-hybridized carbons (Fsp3) is 0.345. The van der Waals surface area contributed by atoms with Gasteiger partial charge in [-0.25, -0.2) is 8.78 Å². The molecule has 37 heavy (non-hydrogen) atoms. The zero-order valence-corrected chi connectivity index (χ0v) is 21.3. The monoisotopic (exact) mass is 502 g/mol. The van der Waals surface area contributed by atoms with Crippen molar-refractivity contribution in [3.05, 3.63) is 101 Å². The number of hydrogen-bond donors (Lipinski definition) is 0. The van der Waals surface area contributed by atoms with Gasteiger partial charge in [0.25, 0.3) is 0 Å². The fourth-order valence-corrected chi connectivity index (χ4v) is 5.32. The van der Waals surface area contributed by atoms with Gasteiger partial charge in [-0.2, -0.15) is 4.68 Å². The smallest absolute Gasteiger partial charge is 0.174 e. The Kier molecular flexibility index (Phi) is 7.67. The summed E-state index contributed by atoms with van der Waals surface area (Å²) < 4.78 is 30.1. The van der Waals surface area contributed by atoms with Crippen LogP contribution in [0.3, 0.4) is 0 Å². The average molecular weight is 503 g/mol. The van der Waals surface area contributed by atoms with Crippen molar-refractivity contribution in [1.82, 2.24) is 30.0 Å². The number of para-hydroxylation sites is 1. The van der Waals surface area contributed by atoms with Crippen molar-refractivity contribution in [1.29, 1.82) is 0 Å². The van der Waals surface area contributed by atoms with Gasteiger partial charge in [-0.05, 0) is 59.5 Å². The van der Waals surface area contributed by atoms with Crippen molar-refractivity contribution in [3.63, 3.8) is 0 Å². The molecule has 5 rings (SSSR count). The molecule has 1 aliphatic heterocycles. The third-order valence-corrected chi connectivity index (χ3v) is 7.25. The number of rotatable bonds is 7. The quantitative estimate of drug-likeness (QED) is 0.434. The van der Waals surface area contributed by atoms with E-state index in [4.69, 9.17) is 0 Å². The molecule has 0 spiro atoms. The summed E-state index contributed by atoms with van der Waals surface area (Å²) in [6.07, 6.45) is 7.47. The SMILES string of the molecule is Cc1cccc(C)c1-n1nnnc1[C@H](C1C=C(F)C(F)=CC1)N1CCN(C/C=C/c2ccccc2)CC1. The number of aromatic nitrogens is 4. The van der Waals surface area contributed by atoms with Gasteiger partial charge in [0, 0.05) is 38.6 Å². The molecule has 2 heterocycles. The van der Waals surface area contributed by atoms with Crippen molar-refractivity contribution < 1.29 is 8.78 Å². The summed E-state index contributed by atoms with van der Waals surface area (Å²) in [5, 5.41) is 12.8. The first kappa shape index (κ1) is 25.2. The standard InChI is InChI=1S/C29H32F2N6/c1-21-8-6-9-22(2)27(21)37-29(32-33-34-37)28(24-13-14-25(30)26(31)20-24)36-18-16-35(17-19-36)15-7-12-23-10-4-3-5-11-23/h3-12,14,20,24,28H,13,15-19H2,1-2H3/b12-7+/t24?,28-/m0/s1. The van der Waals surface area contributed by atoms with Crippen LogP contribution in [0.2, 0.25) is 0 Å². The molecule has 1 fully saturated rings. The van der Waals surface area contributed by atoms with E-state index in [9.17, 15) is 8.78 Å². The lowest BCUT2D eigenvalue weighted by Crippen LogP contribution is -2.49. The van der Waals surface area contributed by atoms with Crippen LogP contribution in [0.1, 0.15) is 35.0 Å². The molecule has 0 amide bonds. The van der Waals surface area contributed by atoms with E-state index in [2.05, 4.69) is 49.6 Å². The Balaban J connectivity index is 1.38. The largest absolute Gasteiger partial charge is 0.297 e. The van der Waals surface area contributed by atoms with Crippen molar-refractivity contribution in [3.8, 4) is 5.69 Å². The molecule has 2 aliphatic rings. The van der Waals surface area contributed by atoms with E-state index in [1.807, 2.05) is 50.2 Å². The molecular weight excluding hydrogens is 470 g/mol. The molecule has 1 aromatic heterocycles. The van der Waals surface area contributed by atoms with Gasteiger partial charge in [-0.15, -0.1) is 5.10 Å². The second kappa shape index (κ2) is 11.3. The molecule has 1 unspecified atom stereocenters. The molecule has 2 aromatic carbocycles. The Hall–Kier alpha value is -3.49. The van der Waals surface area contributed by atoms with Gasteiger partial charge in [0.1, 0.15) is 0 Å². The predicted molar refractivity (Wildman–Crippen MR) is 141 cm³/mol. The third-order valence-electron chi connectivity index (χ3n) is 7.25. The van der Waals surface area contributed by atoms with Crippen molar-refractivity contribution in [2.24, 2.45) is 5.92 Å². The molecule has 0 radical (unpaired) electrons. The van der Waals surface area contributed by atoms with Gasteiger partial charge in [-0.1, -0.05) is 60.7 Å². The van der Waals surface area contributed by atoms with Crippen LogP contribution < -0.4 is 0 Å². The lowest BCUT2D eigenvalue weighted by atomic mass is 9.89. The Bertz CT molecular complexity index is 1280. The summed E-state index contributed by atoms with van der Waals surface area (Å²) in [6.45, 7) is 8.21. The molecule has 8 heteroatoms. The minimum Gasteiger partial charge on any atom is -0.297 e. The second-order valence-corrected chi connectivity index (χ2v) is 9.75. The van der Waals surface area contributed by atoms with Gasteiger partial charge < -0.3 is 0 Å². The van der Waals surface area contributed by atoms with E-state index in [-0.39, 0.29) is 12.0 Å². The van der Waals surface area contributed by atoms with Crippen LogP contribution in [0.25, 0.3) is 11.8 Å². The molecule has 0 N–H and O–H groups in total. The maximum Gasteiger partial charge on any atom is 0.174 e. The van der Waals surface area contributed by atoms with Crippen LogP contribution >= 0.6 is 0 Å². The first-order valence-electron chi connectivity index (χ1n) is 12.8. The molecule has 0 bridgehead atoms. The molecule has 3 aromatic rings. The topological polar surface area (TPSA) is 50.1 Å². The highest BCUT2D eigenvalue weighted by atomic mass is 19.2. The van der Waals surface area contributed by atoms with E-state index in [1.165, 1.54) is 17.7 Å².